The van der Waals surface area contributed by atoms with Crippen molar-refractivity contribution in [3.05, 3.63) is 83.4 Å². The number of likely N-dealkylation sites (tertiary alicyclic amines) is 1. The molecule has 1 saturated heterocycles. The molecule has 198 valence electrons. The van der Waals surface area contributed by atoms with Crippen LogP contribution in [0, 0.1) is 6.92 Å². The molecule has 0 saturated carbocycles. The van der Waals surface area contributed by atoms with Crippen LogP contribution in [-0.2, 0) is 11.2 Å². The molecule has 0 spiro atoms. The van der Waals surface area contributed by atoms with Crippen LogP contribution in [0.5, 0.6) is 11.5 Å². The van der Waals surface area contributed by atoms with E-state index in [0.717, 1.165) is 24.0 Å². The lowest BCUT2D eigenvalue weighted by atomic mass is 10.1. The topological polar surface area (TPSA) is 117 Å². The third-order valence-corrected chi connectivity index (χ3v) is 6.50. The molecule has 9 heteroatoms. The maximum Gasteiger partial charge on any atom is 0.335 e. The van der Waals surface area contributed by atoms with E-state index in [0.29, 0.717) is 36.0 Å². The first-order valence-corrected chi connectivity index (χ1v) is 12.4. The van der Waals surface area contributed by atoms with Crippen LogP contribution in [0.1, 0.15) is 34.3 Å². The number of anilines is 2. The van der Waals surface area contributed by atoms with Crippen LogP contribution < -0.4 is 20.1 Å². The third-order valence-electron chi connectivity index (χ3n) is 6.50. The van der Waals surface area contributed by atoms with E-state index in [1.54, 1.807) is 30.3 Å². The van der Waals surface area contributed by atoms with E-state index in [2.05, 4.69) is 10.6 Å². The van der Waals surface area contributed by atoms with E-state index in [4.69, 9.17) is 14.6 Å². The first kappa shape index (κ1) is 26.5. The fourth-order valence-electron chi connectivity index (χ4n) is 4.44. The van der Waals surface area contributed by atoms with Crippen LogP contribution >= 0.6 is 0 Å². The van der Waals surface area contributed by atoms with Gasteiger partial charge in [0.1, 0.15) is 18.1 Å². The molecule has 3 aromatic rings. The molecule has 0 unspecified atom stereocenters. The van der Waals surface area contributed by atoms with Gasteiger partial charge in [-0.3, -0.25) is 4.79 Å². The Morgan fingerprint density at radius 3 is 2.45 bits per heavy atom. The van der Waals surface area contributed by atoms with Crippen LogP contribution in [0.2, 0.25) is 0 Å². The number of carbonyl (C=O) groups excluding carboxylic acids is 2. The second-order valence-corrected chi connectivity index (χ2v) is 9.13. The van der Waals surface area contributed by atoms with E-state index >= 15 is 0 Å². The number of carboxylic acids is 1. The van der Waals surface area contributed by atoms with Gasteiger partial charge in [0.2, 0.25) is 5.91 Å². The van der Waals surface area contributed by atoms with Gasteiger partial charge in [0, 0.05) is 12.2 Å². The highest BCUT2D eigenvalue weighted by Gasteiger charge is 2.29. The number of carbonyl (C=O) groups is 3. The summed E-state index contributed by atoms with van der Waals surface area (Å²) in [5.41, 5.74) is 3.13. The number of urea groups is 1. The van der Waals surface area contributed by atoms with Crippen molar-refractivity contribution in [1.82, 2.24) is 4.90 Å². The van der Waals surface area contributed by atoms with Crippen LogP contribution in [0.3, 0.4) is 0 Å². The van der Waals surface area contributed by atoms with E-state index in [1.807, 2.05) is 36.1 Å². The summed E-state index contributed by atoms with van der Waals surface area (Å²) in [4.78, 5) is 38.5. The molecule has 9 nitrogen and oxygen atoms in total. The summed E-state index contributed by atoms with van der Waals surface area (Å²) in [6.45, 7) is 2.90. The number of ether oxygens (including phenoxy) is 2. The lowest BCUT2D eigenvalue weighted by Crippen LogP contribution is -2.39. The van der Waals surface area contributed by atoms with Crippen molar-refractivity contribution in [2.24, 2.45) is 0 Å². The van der Waals surface area contributed by atoms with Gasteiger partial charge in [-0.2, -0.15) is 0 Å². The Kier molecular flexibility index (Phi) is 8.47. The van der Waals surface area contributed by atoms with Gasteiger partial charge in [-0.15, -0.1) is 0 Å². The van der Waals surface area contributed by atoms with E-state index in [-0.39, 0.29) is 30.0 Å². The average molecular weight is 518 g/mol. The van der Waals surface area contributed by atoms with E-state index in [1.165, 1.54) is 19.2 Å². The summed E-state index contributed by atoms with van der Waals surface area (Å²) in [7, 11) is 1.52. The molecule has 3 amide bonds. The van der Waals surface area contributed by atoms with E-state index in [9.17, 15) is 14.4 Å². The summed E-state index contributed by atoms with van der Waals surface area (Å²) < 4.78 is 11.3. The molecule has 1 heterocycles. The molecule has 3 aromatic carbocycles. The molecule has 4 rings (SSSR count). The zero-order valence-corrected chi connectivity index (χ0v) is 21.4. The molecule has 0 aromatic heterocycles. The van der Waals surface area contributed by atoms with Crippen molar-refractivity contribution in [2.75, 3.05) is 30.9 Å². The van der Waals surface area contributed by atoms with Crippen molar-refractivity contribution in [3.63, 3.8) is 0 Å². The Morgan fingerprint density at radius 2 is 1.74 bits per heavy atom. The fraction of sp³-hybridized carbons (Fsp3) is 0.276. The molecule has 1 fully saturated rings. The Morgan fingerprint density at radius 1 is 1.00 bits per heavy atom. The zero-order chi connectivity index (χ0) is 27.1. The second-order valence-electron chi connectivity index (χ2n) is 9.13. The van der Waals surface area contributed by atoms with Gasteiger partial charge in [-0.1, -0.05) is 24.3 Å². The van der Waals surface area contributed by atoms with Crippen molar-refractivity contribution >= 4 is 29.3 Å². The first-order chi connectivity index (χ1) is 18.3. The van der Waals surface area contributed by atoms with Gasteiger partial charge in [-0.25, -0.2) is 9.59 Å². The minimum atomic E-state index is -0.991. The highest BCUT2D eigenvalue weighted by molar-refractivity contribution is 6.01. The number of hydrogen-bond donors (Lipinski definition) is 3. The number of methoxy groups -OCH3 is 1. The number of hydrogen-bond acceptors (Lipinski definition) is 5. The summed E-state index contributed by atoms with van der Waals surface area (Å²) in [5.74, 6) is 0.0161. The van der Waals surface area contributed by atoms with Gasteiger partial charge in [0.05, 0.1) is 30.8 Å². The summed E-state index contributed by atoms with van der Waals surface area (Å²) in [6, 6.07) is 18.6. The molecule has 0 radical (unpaired) electrons. The van der Waals surface area contributed by atoms with E-state index < -0.39 is 5.97 Å². The number of nitrogens with one attached hydrogen (secondary N) is 2. The number of benzene rings is 3. The van der Waals surface area contributed by atoms with Gasteiger partial charge in [0.25, 0.3) is 0 Å². The average Bonchev–Trinajstić information content (AvgIpc) is 3.39. The number of para-hydroxylation sites is 1. The maximum atomic E-state index is 13.1. The van der Waals surface area contributed by atoms with Gasteiger partial charge < -0.3 is 30.1 Å². The molecular formula is C29H31N3O6. The van der Waals surface area contributed by atoms with Gasteiger partial charge in [0.15, 0.2) is 0 Å². The smallest absolute Gasteiger partial charge is 0.335 e. The van der Waals surface area contributed by atoms with Gasteiger partial charge in [-0.05, 0) is 73.4 Å². The number of amides is 3. The van der Waals surface area contributed by atoms with Crippen LogP contribution in [0.15, 0.2) is 66.7 Å². The standard InChI is InChI=1S/C29H31N3O6/c1-19-6-3-4-8-24(19)30-29(36)31-25-14-9-20(16-26(25)37-2)17-27(33)32-15-5-7-22(32)18-38-23-12-10-21(11-13-23)28(34)35/h3-4,6,8-14,16,22H,5,7,15,17-18H2,1-2H3,(H,34,35)(H2,30,31,36)/t22-/m0/s1. The SMILES string of the molecule is COc1cc(CC(=O)N2CCC[C@H]2COc2ccc(C(=O)O)cc2)ccc1NC(=O)Nc1ccccc1C. The minimum absolute atomic E-state index is 0.0163. The number of nitrogens with zero attached hydrogens (tertiary/aromatic N) is 1. The second kappa shape index (κ2) is 12.1. The number of aryl methyl sites for hydroxylation is 1. The Bertz CT molecular complexity index is 1310. The molecule has 1 aliphatic heterocycles. The molecule has 1 atom stereocenters. The maximum absolute atomic E-state index is 13.1. The zero-order valence-electron chi connectivity index (χ0n) is 21.4. The fourth-order valence-corrected chi connectivity index (χ4v) is 4.44. The Hall–Kier alpha value is -4.53. The highest BCUT2D eigenvalue weighted by atomic mass is 16.5. The van der Waals surface area contributed by atoms with Crippen LogP contribution in [0.25, 0.3) is 0 Å². The van der Waals surface area contributed by atoms with Crippen molar-refractivity contribution in [2.45, 2.75) is 32.2 Å². The van der Waals surface area contributed by atoms with Crippen LogP contribution in [-0.4, -0.2) is 54.2 Å². The van der Waals surface area contributed by atoms with Crippen molar-refractivity contribution in [1.29, 1.82) is 0 Å². The Balaban J connectivity index is 1.34. The molecular weight excluding hydrogens is 486 g/mol. The summed E-state index contributed by atoms with van der Waals surface area (Å²) in [6.07, 6.45) is 1.91. The molecule has 0 bridgehead atoms. The predicted octanol–water partition coefficient (Wildman–Crippen LogP) is 4.96. The molecule has 3 N–H and O–H groups in total. The largest absolute Gasteiger partial charge is 0.495 e. The first-order valence-electron chi connectivity index (χ1n) is 12.4. The lowest BCUT2D eigenvalue weighted by molar-refractivity contribution is -0.131. The lowest BCUT2D eigenvalue weighted by Gasteiger charge is -2.25. The quantitative estimate of drug-likeness (QED) is 0.369. The molecule has 1 aliphatic rings. The summed E-state index contributed by atoms with van der Waals surface area (Å²) >= 11 is 0. The van der Waals surface area contributed by atoms with Crippen molar-refractivity contribution in [3.8, 4) is 11.5 Å². The third kappa shape index (κ3) is 6.61. The molecule has 38 heavy (non-hydrogen) atoms. The highest BCUT2D eigenvalue weighted by Crippen LogP contribution is 2.27. The predicted molar refractivity (Wildman–Crippen MR) is 144 cm³/mol. The minimum Gasteiger partial charge on any atom is -0.495 e. The van der Waals surface area contributed by atoms with Gasteiger partial charge >= 0.3 is 12.0 Å². The van der Waals surface area contributed by atoms with Crippen LogP contribution in [0.4, 0.5) is 16.2 Å². The monoisotopic (exact) mass is 517 g/mol. The normalized spacial score (nSPS) is 14.6. The summed E-state index contributed by atoms with van der Waals surface area (Å²) in [5, 5.41) is 14.7. The van der Waals surface area contributed by atoms with Crippen molar-refractivity contribution < 1.29 is 29.0 Å². The Labute approximate surface area is 221 Å². The number of carboxylic acid groups (broad SMARTS) is 1. The number of aromatic carboxylic acids is 1. The molecule has 0 aliphatic carbocycles. The number of rotatable bonds is 9.